The van der Waals surface area contributed by atoms with Crippen molar-refractivity contribution in [2.45, 2.75) is 45.1 Å². The van der Waals surface area contributed by atoms with Crippen LogP contribution in [0.4, 0.5) is 0 Å². The number of hydrogen-bond acceptors (Lipinski definition) is 5. The monoisotopic (exact) mass is 385 g/mol. The number of ether oxygens (including phenoxy) is 4. The van der Waals surface area contributed by atoms with Crippen LogP contribution in [0.5, 0.6) is 5.88 Å². The molecule has 0 bridgehead atoms. The zero-order valence-corrected chi connectivity index (χ0v) is 16.5. The molecule has 4 rings (SSSR count). The number of hydrogen-bond donors (Lipinski definition) is 0. The standard InChI is InChI=1S/C22H27NO5/c1-25-12-15-5-6-19-18(20(15)14-26-2)7-8-23-21(19)10-16(24)11-22(23)28-13-17-4-3-9-27-17/h5-6,10-11,17H,3-4,7-9,12-14H2,1-2H3. The topological polar surface area (TPSA) is 58.9 Å². The maximum absolute atomic E-state index is 12.4. The maximum atomic E-state index is 12.4. The molecule has 150 valence electrons. The average molecular weight is 385 g/mol. The van der Waals surface area contributed by atoms with E-state index in [1.807, 2.05) is 0 Å². The maximum Gasteiger partial charge on any atom is 0.197 e. The molecule has 28 heavy (non-hydrogen) atoms. The van der Waals surface area contributed by atoms with Crippen molar-refractivity contribution in [3.05, 3.63) is 51.2 Å². The second kappa shape index (κ2) is 8.47. The highest BCUT2D eigenvalue weighted by atomic mass is 16.5. The highest BCUT2D eigenvalue weighted by Gasteiger charge is 2.24. The van der Waals surface area contributed by atoms with Gasteiger partial charge < -0.3 is 23.5 Å². The third-order valence-electron chi connectivity index (χ3n) is 5.52. The van der Waals surface area contributed by atoms with E-state index in [1.165, 1.54) is 5.56 Å². The normalized spacial score (nSPS) is 18.0. The van der Waals surface area contributed by atoms with E-state index in [1.54, 1.807) is 26.4 Å². The minimum Gasteiger partial charge on any atom is -0.476 e. The van der Waals surface area contributed by atoms with Gasteiger partial charge in [0.15, 0.2) is 11.3 Å². The molecule has 6 heteroatoms. The highest BCUT2D eigenvalue weighted by molar-refractivity contribution is 5.69. The van der Waals surface area contributed by atoms with Crippen LogP contribution in [-0.2, 0) is 40.4 Å². The second-order valence-electron chi connectivity index (χ2n) is 7.36. The Morgan fingerprint density at radius 3 is 2.79 bits per heavy atom. The summed E-state index contributed by atoms with van der Waals surface area (Å²) < 4.78 is 24.6. The van der Waals surface area contributed by atoms with Crippen LogP contribution in [0.2, 0.25) is 0 Å². The molecule has 1 aromatic carbocycles. The number of aromatic nitrogens is 1. The van der Waals surface area contributed by atoms with Crippen LogP contribution < -0.4 is 10.2 Å². The van der Waals surface area contributed by atoms with E-state index in [9.17, 15) is 4.79 Å². The number of pyridine rings is 1. The first kappa shape index (κ1) is 19.2. The molecule has 0 aliphatic carbocycles. The zero-order valence-electron chi connectivity index (χ0n) is 16.5. The van der Waals surface area contributed by atoms with Gasteiger partial charge in [0.25, 0.3) is 0 Å². The van der Waals surface area contributed by atoms with E-state index < -0.39 is 0 Å². The molecule has 2 aliphatic heterocycles. The molecule has 1 aromatic heterocycles. The first-order valence-corrected chi connectivity index (χ1v) is 9.82. The lowest BCUT2D eigenvalue weighted by atomic mass is 9.90. The summed E-state index contributed by atoms with van der Waals surface area (Å²) in [5, 5.41) is 0. The molecule has 1 saturated heterocycles. The van der Waals surface area contributed by atoms with Crippen molar-refractivity contribution in [3.63, 3.8) is 0 Å². The van der Waals surface area contributed by atoms with Gasteiger partial charge in [-0.1, -0.05) is 12.1 Å². The van der Waals surface area contributed by atoms with Crippen molar-refractivity contribution in [1.29, 1.82) is 0 Å². The van der Waals surface area contributed by atoms with E-state index in [0.717, 1.165) is 54.8 Å². The van der Waals surface area contributed by atoms with Crippen LogP contribution in [0.1, 0.15) is 29.5 Å². The summed E-state index contributed by atoms with van der Waals surface area (Å²) in [4.78, 5) is 12.4. The summed E-state index contributed by atoms with van der Waals surface area (Å²) in [5.41, 5.74) is 5.44. The van der Waals surface area contributed by atoms with Crippen LogP contribution in [0.25, 0.3) is 11.3 Å². The fourth-order valence-electron chi connectivity index (χ4n) is 4.21. The average Bonchev–Trinajstić information content (AvgIpc) is 3.21. The Balaban J connectivity index is 1.72. The van der Waals surface area contributed by atoms with Crippen LogP contribution >= 0.6 is 0 Å². The Morgan fingerprint density at radius 1 is 1.18 bits per heavy atom. The molecule has 6 nitrogen and oxygen atoms in total. The van der Waals surface area contributed by atoms with E-state index in [2.05, 4.69) is 16.7 Å². The second-order valence-corrected chi connectivity index (χ2v) is 7.36. The predicted octanol–water partition coefficient (Wildman–Crippen LogP) is 2.92. The number of fused-ring (bicyclic) bond motifs is 3. The van der Waals surface area contributed by atoms with Crippen LogP contribution in [0, 0.1) is 0 Å². The Labute approximate surface area is 165 Å². The fraction of sp³-hybridized carbons (Fsp3) is 0.500. The SMILES string of the molecule is COCc1ccc2c(c1COC)CCn1c(OCC3CCCO3)cc(=O)cc1-2. The van der Waals surface area contributed by atoms with Gasteiger partial charge in [0.05, 0.1) is 25.0 Å². The Morgan fingerprint density at radius 2 is 2.04 bits per heavy atom. The van der Waals surface area contributed by atoms with Gasteiger partial charge in [-0.05, 0) is 36.0 Å². The van der Waals surface area contributed by atoms with Crippen molar-refractivity contribution in [3.8, 4) is 17.1 Å². The minimum absolute atomic E-state index is 0.0456. The summed E-state index contributed by atoms with van der Waals surface area (Å²) in [6.45, 7) is 3.11. The van der Waals surface area contributed by atoms with Crippen LogP contribution in [0.15, 0.2) is 29.1 Å². The van der Waals surface area contributed by atoms with Crippen molar-refractivity contribution in [2.75, 3.05) is 27.4 Å². The molecule has 1 fully saturated rings. The molecule has 0 amide bonds. The lowest BCUT2D eigenvalue weighted by Gasteiger charge is -2.28. The molecule has 0 N–H and O–H groups in total. The van der Waals surface area contributed by atoms with E-state index in [4.69, 9.17) is 18.9 Å². The smallest absolute Gasteiger partial charge is 0.197 e. The summed E-state index contributed by atoms with van der Waals surface area (Å²) in [5.74, 6) is 0.623. The fourth-order valence-corrected chi connectivity index (χ4v) is 4.21. The largest absolute Gasteiger partial charge is 0.476 e. The molecular weight excluding hydrogens is 358 g/mol. The number of methoxy groups -OCH3 is 2. The van der Waals surface area contributed by atoms with Gasteiger partial charge in [0, 0.05) is 45.1 Å². The molecular formula is C22H27NO5. The van der Waals surface area contributed by atoms with Gasteiger partial charge in [-0.25, -0.2) is 0 Å². The molecule has 1 unspecified atom stereocenters. The molecule has 3 heterocycles. The lowest BCUT2D eigenvalue weighted by molar-refractivity contribution is 0.0646. The van der Waals surface area contributed by atoms with Crippen molar-refractivity contribution in [1.82, 2.24) is 4.57 Å². The molecule has 2 aliphatic rings. The molecule has 1 atom stereocenters. The van der Waals surface area contributed by atoms with Crippen molar-refractivity contribution >= 4 is 0 Å². The number of nitrogens with zero attached hydrogens (tertiary/aromatic N) is 1. The van der Waals surface area contributed by atoms with Crippen molar-refractivity contribution in [2.24, 2.45) is 0 Å². The highest BCUT2D eigenvalue weighted by Crippen LogP contribution is 2.35. The van der Waals surface area contributed by atoms with Gasteiger partial charge in [-0.15, -0.1) is 0 Å². The van der Waals surface area contributed by atoms with Crippen molar-refractivity contribution < 1.29 is 18.9 Å². The molecule has 0 radical (unpaired) electrons. The minimum atomic E-state index is -0.0456. The first-order valence-electron chi connectivity index (χ1n) is 9.82. The van der Waals surface area contributed by atoms with Gasteiger partial charge in [0.2, 0.25) is 0 Å². The van der Waals surface area contributed by atoms with Gasteiger partial charge in [0.1, 0.15) is 6.61 Å². The summed E-state index contributed by atoms with van der Waals surface area (Å²) in [7, 11) is 3.40. The molecule has 2 aromatic rings. The summed E-state index contributed by atoms with van der Waals surface area (Å²) in [6, 6.07) is 7.43. The van der Waals surface area contributed by atoms with E-state index in [-0.39, 0.29) is 11.5 Å². The van der Waals surface area contributed by atoms with E-state index in [0.29, 0.717) is 25.7 Å². The van der Waals surface area contributed by atoms with Crippen LogP contribution in [-0.4, -0.2) is 38.1 Å². The molecule has 0 saturated carbocycles. The quantitative estimate of drug-likeness (QED) is 0.734. The van der Waals surface area contributed by atoms with Gasteiger partial charge in [-0.3, -0.25) is 4.79 Å². The van der Waals surface area contributed by atoms with Crippen LogP contribution in [0.3, 0.4) is 0 Å². The third-order valence-corrected chi connectivity index (χ3v) is 5.52. The summed E-state index contributed by atoms with van der Waals surface area (Å²) in [6.07, 6.45) is 3.06. The Hall–Kier alpha value is -2.15. The number of benzene rings is 1. The first-order chi connectivity index (χ1) is 13.7. The van der Waals surface area contributed by atoms with Gasteiger partial charge in [-0.2, -0.15) is 0 Å². The summed E-state index contributed by atoms with van der Waals surface area (Å²) >= 11 is 0. The number of rotatable bonds is 7. The third kappa shape index (κ3) is 3.72. The zero-order chi connectivity index (χ0) is 19.5. The predicted molar refractivity (Wildman–Crippen MR) is 106 cm³/mol. The Bertz CT molecular complexity index is 899. The molecule has 0 spiro atoms. The Kier molecular flexibility index (Phi) is 5.80. The van der Waals surface area contributed by atoms with E-state index >= 15 is 0 Å². The van der Waals surface area contributed by atoms with Gasteiger partial charge >= 0.3 is 0 Å². The lowest BCUT2D eigenvalue weighted by Crippen LogP contribution is -2.23.